The highest BCUT2D eigenvalue weighted by Crippen LogP contribution is 2.28. The Morgan fingerprint density at radius 3 is 2.55 bits per heavy atom. The fraction of sp³-hybridized carbons (Fsp3) is 0.333. The van der Waals surface area contributed by atoms with Gasteiger partial charge in [-0.1, -0.05) is 42.5 Å². The zero-order valence-corrected chi connectivity index (χ0v) is 16.9. The molecule has 5 heteroatoms. The van der Waals surface area contributed by atoms with E-state index in [1.807, 2.05) is 43.5 Å². The molecule has 1 N–H and O–H groups in total. The van der Waals surface area contributed by atoms with E-state index in [9.17, 15) is 0 Å². The first-order chi connectivity index (χ1) is 14.3. The lowest BCUT2D eigenvalue weighted by Gasteiger charge is -2.33. The summed E-state index contributed by atoms with van der Waals surface area (Å²) >= 11 is 0. The highest BCUT2D eigenvalue weighted by atomic mass is 16.5. The lowest BCUT2D eigenvalue weighted by atomic mass is 9.90. The molecule has 0 saturated carbocycles. The molecule has 29 heavy (non-hydrogen) atoms. The van der Waals surface area contributed by atoms with Crippen molar-refractivity contribution in [2.75, 3.05) is 29.9 Å². The van der Waals surface area contributed by atoms with E-state index in [4.69, 9.17) is 9.72 Å². The summed E-state index contributed by atoms with van der Waals surface area (Å²) < 4.78 is 5.69. The topological polar surface area (TPSA) is 50.3 Å². The second kappa shape index (κ2) is 9.41. The van der Waals surface area contributed by atoms with Crippen LogP contribution in [0.15, 0.2) is 66.9 Å². The molecule has 2 heterocycles. The molecule has 0 unspecified atom stereocenters. The van der Waals surface area contributed by atoms with E-state index in [0.717, 1.165) is 36.3 Å². The highest BCUT2D eigenvalue weighted by Gasteiger charge is 2.21. The summed E-state index contributed by atoms with van der Waals surface area (Å²) in [7, 11) is 0. The number of rotatable bonds is 7. The standard InChI is InChI=1S/C24H28N4O/c1-2-29-22-11-7-6-10-21(22)26-24-25-15-12-23(27-24)28-16-13-20(14-17-28)18-19-8-4-3-5-9-19/h3-12,15,20H,2,13-14,16-18H2,1H3,(H,25,26,27). The largest absolute Gasteiger partial charge is 0.492 e. The van der Waals surface area contributed by atoms with Crippen LogP contribution in [0.2, 0.25) is 0 Å². The summed E-state index contributed by atoms with van der Waals surface area (Å²) in [5.41, 5.74) is 2.32. The summed E-state index contributed by atoms with van der Waals surface area (Å²) in [6.07, 6.45) is 5.37. The van der Waals surface area contributed by atoms with E-state index in [2.05, 4.69) is 45.5 Å². The third kappa shape index (κ3) is 5.05. The first-order valence-corrected chi connectivity index (χ1v) is 10.4. The smallest absolute Gasteiger partial charge is 0.229 e. The average Bonchev–Trinajstić information content (AvgIpc) is 2.77. The number of ether oxygens (including phenoxy) is 1. The number of piperidine rings is 1. The van der Waals surface area contributed by atoms with Gasteiger partial charge in [0.2, 0.25) is 5.95 Å². The number of para-hydroxylation sites is 2. The van der Waals surface area contributed by atoms with Crippen LogP contribution >= 0.6 is 0 Å². The minimum Gasteiger partial charge on any atom is -0.492 e. The number of nitrogens with one attached hydrogen (secondary N) is 1. The minimum atomic E-state index is 0.598. The SMILES string of the molecule is CCOc1ccccc1Nc1nccc(N2CCC(Cc3ccccc3)CC2)n1. The van der Waals surface area contributed by atoms with Crippen molar-refractivity contribution in [2.24, 2.45) is 5.92 Å². The van der Waals surface area contributed by atoms with Crippen molar-refractivity contribution in [2.45, 2.75) is 26.2 Å². The van der Waals surface area contributed by atoms with Crippen LogP contribution in [0.1, 0.15) is 25.3 Å². The van der Waals surface area contributed by atoms with Crippen LogP contribution in [0.3, 0.4) is 0 Å². The van der Waals surface area contributed by atoms with Gasteiger partial charge in [-0.25, -0.2) is 4.98 Å². The Morgan fingerprint density at radius 2 is 1.76 bits per heavy atom. The van der Waals surface area contributed by atoms with Gasteiger partial charge in [-0.2, -0.15) is 4.98 Å². The molecule has 1 aliphatic rings. The number of hydrogen-bond donors (Lipinski definition) is 1. The van der Waals surface area contributed by atoms with Crippen LogP contribution < -0.4 is 15.0 Å². The van der Waals surface area contributed by atoms with E-state index >= 15 is 0 Å². The molecule has 1 fully saturated rings. The molecule has 0 bridgehead atoms. The predicted octanol–water partition coefficient (Wildman–Crippen LogP) is 5.08. The third-order valence-electron chi connectivity index (χ3n) is 5.38. The fourth-order valence-electron chi connectivity index (χ4n) is 3.87. The summed E-state index contributed by atoms with van der Waals surface area (Å²) in [5, 5.41) is 3.30. The first kappa shape index (κ1) is 19.2. The summed E-state index contributed by atoms with van der Waals surface area (Å²) in [6.45, 7) is 4.67. The Morgan fingerprint density at radius 1 is 1.00 bits per heavy atom. The second-order valence-electron chi connectivity index (χ2n) is 7.41. The molecule has 1 aromatic heterocycles. The number of benzene rings is 2. The minimum absolute atomic E-state index is 0.598. The van der Waals surface area contributed by atoms with E-state index in [1.165, 1.54) is 24.8 Å². The lowest BCUT2D eigenvalue weighted by Crippen LogP contribution is -2.35. The van der Waals surface area contributed by atoms with Crippen LogP contribution in [0.25, 0.3) is 0 Å². The van der Waals surface area contributed by atoms with Crippen LogP contribution in [-0.2, 0) is 6.42 Å². The van der Waals surface area contributed by atoms with E-state index in [-0.39, 0.29) is 0 Å². The van der Waals surface area contributed by atoms with Crippen molar-refractivity contribution < 1.29 is 4.74 Å². The monoisotopic (exact) mass is 388 g/mol. The maximum absolute atomic E-state index is 5.69. The Balaban J connectivity index is 1.38. The molecule has 2 aromatic carbocycles. The summed E-state index contributed by atoms with van der Waals surface area (Å²) in [4.78, 5) is 11.5. The highest BCUT2D eigenvalue weighted by molar-refractivity contribution is 5.63. The van der Waals surface area contributed by atoms with Crippen LogP contribution in [0, 0.1) is 5.92 Å². The van der Waals surface area contributed by atoms with Crippen molar-refractivity contribution in [1.82, 2.24) is 9.97 Å². The quantitative estimate of drug-likeness (QED) is 0.612. The molecule has 150 valence electrons. The van der Waals surface area contributed by atoms with Crippen molar-refractivity contribution in [3.05, 3.63) is 72.4 Å². The zero-order chi connectivity index (χ0) is 19.9. The van der Waals surface area contributed by atoms with Crippen molar-refractivity contribution in [1.29, 1.82) is 0 Å². The molecule has 5 nitrogen and oxygen atoms in total. The van der Waals surface area contributed by atoms with Gasteiger partial charge in [-0.05, 0) is 55.9 Å². The molecular weight excluding hydrogens is 360 g/mol. The molecular formula is C24H28N4O. The zero-order valence-electron chi connectivity index (χ0n) is 16.9. The lowest BCUT2D eigenvalue weighted by molar-refractivity contribution is 0.342. The van der Waals surface area contributed by atoms with E-state index < -0.39 is 0 Å². The second-order valence-corrected chi connectivity index (χ2v) is 7.41. The maximum Gasteiger partial charge on any atom is 0.229 e. The number of nitrogens with zero attached hydrogens (tertiary/aromatic N) is 3. The van der Waals surface area contributed by atoms with Gasteiger partial charge in [-0.3, -0.25) is 0 Å². The fourth-order valence-corrected chi connectivity index (χ4v) is 3.87. The van der Waals surface area contributed by atoms with Crippen LogP contribution in [-0.4, -0.2) is 29.7 Å². The normalized spacial score (nSPS) is 14.6. The van der Waals surface area contributed by atoms with Gasteiger partial charge in [-0.15, -0.1) is 0 Å². The molecule has 3 aromatic rings. The third-order valence-corrected chi connectivity index (χ3v) is 5.38. The number of hydrogen-bond acceptors (Lipinski definition) is 5. The molecule has 0 atom stereocenters. The van der Waals surface area contributed by atoms with Gasteiger partial charge in [0.05, 0.1) is 12.3 Å². The molecule has 1 saturated heterocycles. The van der Waals surface area contributed by atoms with Crippen LogP contribution in [0.5, 0.6) is 5.75 Å². The van der Waals surface area contributed by atoms with Gasteiger partial charge in [0.25, 0.3) is 0 Å². The Hall–Kier alpha value is -3.08. The summed E-state index contributed by atoms with van der Waals surface area (Å²) in [6, 6.07) is 20.7. The van der Waals surface area contributed by atoms with Crippen molar-refractivity contribution in [3.63, 3.8) is 0 Å². The number of aromatic nitrogens is 2. The molecule has 0 amide bonds. The predicted molar refractivity (Wildman–Crippen MR) is 118 cm³/mol. The molecule has 1 aliphatic heterocycles. The molecule has 0 aliphatic carbocycles. The van der Waals surface area contributed by atoms with Gasteiger partial charge in [0.1, 0.15) is 11.6 Å². The maximum atomic E-state index is 5.69. The van der Waals surface area contributed by atoms with Crippen molar-refractivity contribution >= 4 is 17.5 Å². The van der Waals surface area contributed by atoms with E-state index in [1.54, 1.807) is 0 Å². The Kier molecular flexibility index (Phi) is 6.25. The Labute approximate surface area is 172 Å². The average molecular weight is 389 g/mol. The molecule has 4 rings (SSSR count). The van der Waals surface area contributed by atoms with Crippen LogP contribution in [0.4, 0.5) is 17.5 Å². The summed E-state index contributed by atoms with van der Waals surface area (Å²) in [5.74, 6) is 3.13. The van der Waals surface area contributed by atoms with Gasteiger partial charge in [0.15, 0.2) is 0 Å². The van der Waals surface area contributed by atoms with Gasteiger partial charge in [0, 0.05) is 19.3 Å². The first-order valence-electron chi connectivity index (χ1n) is 10.4. The van der Waals surface area contributed by atoms with Gasteiger partial charge < -0.3 is 15.0 Å². The number of anilines is 3. The van der Waals surface area contributed by atoms with Gasteiger partial charge >= 0.3 is 0 Å². The molecule has 0 spiro atoms. The molecule has 0 radical (unpaired) electrons. The van der Waals surface area contributed by atoms with Crippen molar-refractivity contribution in [3.8, 4) is 5.75 Å². The van der Waals surface area contributed by atoms with E-state index in [0.29, 0.717) is 12.6 Å². The Bertz CT molecular complexity index is 908.